The Morgan fingerprint density at radius 1 is 1.50 bits per heavy atom. The molecular weight excluding hydrogens is 276 g/mol. The highest BCUT2D eigenvalue weighted by molar-refractivity contribution is 6.31. The summed E-state index contributed by atoms with van der Waals surface area (Å²) in [6.07, 6.45) is 0. The van der Waals surface area contributed by atoms with Gasteiger partial charge < -0.3 is 4.74 Å². The van der Waals surface area contributed by atoms with Crippen LogP contribution in [0.15, 0.2) is 18.2 Å². The number of carbonyl (C=O) groups is 1. The Hall–Kier alpha value is -1.57. The van der Waals surface area contributed by atoms with Crippen LogP contribution in [0, 0.1) is 11.3 Å². The molecule has 0 bridgehead atoms. The van der Waals surface area contributed by atoms with E-state index in [4.69, 9.17) is 21.6 Å². The number of rotatable bonds is 6. The van der Waals surface area contributed by atoms with E-state index >= 15 is 0 Å². The molecule has 0 saturated carbocycles. The molecule has 0 radical (unpaired) electrons. The Balaban J connectivity index is 2.81. The Kier molecular flexibility index (Phi) is 6.50. The summed E-state index contributed by atoms with van der Waals surface area (Å²) in [5, 5.41) is 9.36. The second kappa shape index (κ2) is 7.88. The van der Waals surface area contributed by atoms with Gasteiger partial charge >= 0.3 is 5.97 Å². The number of halogens is 1. The van der Waals surface area contributed by atoms with Gasteiger partial charge in [-0.05, 0) is 38.5 Å². The van der Waals surface area contributed by atoms with Gasteiger partial charge in [0, 0.05) is 17.6 Å². The molecule has 1 aromatic rings. The minimum Gasteiger partial charge on any atom is -0.465 e. The smallest absolute Gasteiger partial charge is 0.320 e. The average Bonchev–Trinajstić information content (AvgIpc) is 2.40. The van der Waals surface area contributed by atoms with E-state index < -0.39 is 0 Å². The zero-order valence-corrected chi connectivity index (χ0v) is 12.8. The molecule has 0 spiro atoms. The standard InChI is InChI=1S/C15H19ClN2O2/c1-4-20-15(19)10-18(11(2)3)9-13-6-5-12(8-17)7-14(13)16/h5-7,11H,4,9-10H2,1-3H3. The van der Waals surface area contributed by atoms with Crippen LogP contribution in [0.25, 0.3) is 0 Å². The summed E-state index contributed by atoms with van der Waals surface area (Å²) in [4.78, 5) is 13.6. The van der Waals surface area contributed by atoms with Gasteiger partial charge in [-0.3, -0.25) is 9.69 Å². The monoisotopic (exact) mass is 294 g/mol. The normalized spacial score (nSPS) is 10.7. The number of hydrogen-bond acceptors (Lipinski definition) is 4. The second-order valence-corrected chi connectivity index (χ2v) is 5.13. The van der Waals surface area contributed by atoms with Crippen LogP contribution in [-0.4, -0.2) is 30.1 Å². The lowest BCUT2D eigenvalue weighted by Gasteiger charge is -2.25. The molecule has 0 unspecified atom stereocenters. The highest BCUT2D eigenvalue weighted by Gasteiger charge is 2.16. The van der Waals surface area contributed by atoms with Crippen LogP contribution < -0.4 is 0 Å². The first kappa shape index (κ1) is 16.5. The minimum absolute atomic E-state index is 0.186. The lowest BCUT2D eigenvalue weighted by molar-refractivity contribution is -0.145. The SMILES string of the molecule is CCOC(=O)CN(Cc1ccc(C#N)cc1Cl)C(C)C. The Bertz CT molecular complexity index is 509. The number of hydrogen-bond donors (Lipinski definition) is 0. The third-order valence-corrected chi connectivity index (χ3v) is 3.28. The van der Waals surface area contributed by atoms with Crippen molar-refractivity contribution in [2.75, 3.05) is 13.2 Å². The van der Waals surface area contributed by atoms with E-state index in [-0.39, 0.29) is 18.6 Å². The number of benzene rings is 1. The van der Waals surface area contributed by atoms with E-state index in [1.165, 1.54) is 0 Å². The predicted molar refractivity (Wildman–Crippen MR) is 78.3 cm³/mol. The van der Waals surface area contributed by atoms with E-state index in [0.29, 0.717) is 23.7 Å². The van der Waals surface area contributed by atoms with Crippen LogP contribution in [0.1, 0.15) is 31.9 Å². The maximum atomic E-state index is 11.6. The Morgan fingerprint density at radius 3 is 2.70 bits per heavy atom. The van der Waals surface area contributed by atoms with Crippen molar-refractivity contribution in [2.24, 2.45) is 0 Å². The van der Waals surface area contributed by atoms with Gasteiger partial charge in [0.15, 0.2) is 0 Å². The largest absolute Gasteiger partial charge is 0.465 e. The summed E-state index contributed by atoms with van der Waals surface area (Å²) >= 11 is 6.16. The summed E-state index contributed by atoms with van der Waals surface area (Å²) in [5.41, 5.74) is 1.42. The molecule has 108 valence electrons. The summed E-state index contributed by atoms with van der Waals surface area (Å²) in [6.45, 7) is 6.95. The Morgan fingerprint density at radius 2 is 2.20 bits per heavy atom. The molecule has 5 heteroatoms. The summed E-state index contributed by atoms with van der Waals surface area (Å²) in [6, 6.07) is 7.42. The van der Waals surface area contributed by atoms with Crippen LogP contribution in [0.3, 0.4) is 0 Å². The minimum atomic E-state index is -0.244. The molecule has 0 N–H and O–H groups in total. The lowest BCUT2D eigenvalue weighted by Crippen LogP contribution is -2.36. The van der Waals surface area contributed by atoms with Gasteiger partial charge in [0.2, 0.25) is 0 Å². The highest BCUT2D eigenvalue weighted by atomic mass is 35.5. The molecule has 0 saturated heterocycles. The average molecular weight is 295 g/mol. The van der Waals surface area contributed by atoms with Gasteiger partial charge in [0.05, 0.1) is 24.8 Å². The zero-order chi connectivity index (χ0) is 15.1. The fourth-order valence-corrected chi connectivity index (χ4v) is 2.00. The number of nitrogens with zero attached hydrogens (tertiary/aromatic N) is 2. The zero-order valence-electron chi connectivity index (χ0n) is 12.0. The van der Waals surface area contributed by atoms with Gasteiger partial charge in [0.25, 0.3) is 0 Å². The summed E-state index contributed by atoms with van der Waals surface area (Å²) in [5.74, 6) is -0.244. The molecule has 1 aromatic carbocycles. The third kappa shape index (κ3) is 4.84. The summed E-state index contributed by atoms with van der Waals surface area (Å²) in [7, 11) is 0. The van der Waals surface area contributed by atoms with Gasteiger partial charge in [-0.2, -0.15) is 5.26 Å². The number of carbonyl (C=O) groups excluding carboxylic acids is 1. The first-order valence-corrected chi connectivity index (χ1v) is 6.94. The molecule has 20 heavy (non-hydrogen) atoms. The van der Waals surface area contributed by atoms with Crippen molar-refractivity contribution < 1.29 is 9.53 Å². The highest BCUT2D eigenvalue weighted by Crippen LogP contribution is 2.20. The van der Waals surface area contributed by atoms with Crippen LogP contribution >= 0.6 is 11.6 Å². The van der Waals surface area contributed by atoms with Gasteiger partial charge in [-0.15, -0.1) is 0 Å². The maximum absolute atomic E-state index is 11.6. The van der Waals surface area contributed by atoms with Crippen molar-refractivity contribution in [3.8, 4) is 6.07 Å². The van der Waals surface area contributed by atoms with E-state index in [2.05, 4.69) is 0 Å². The molecule has 0 amide bonds. The van der Waals surface area contributed by atoms with Crippen molar-refractivity contribution in [1.29, 1.82) is 5.26 Å². The molecule has 0 aliphatic rings. The fraction of sp³-hybridized carbons (Fsp3) is 0.467. The molecule has 0 heterocycles. The quantitative estimate of drug-likeness (QED) is 0.757. The van der Waals surface area contributed by atoms with Gasteiger partial charge in [-0.1, -0.05) is 17.7 Å². The first-order valence-electron chi connectivity index (χ1n) is 6.56. The third-order valence-electron chi connectivity index (χ3n) is 2.92. The van der Waals surface area contributed by atoms with Crippen LogP contribution in [-0.2, 0) is 16.1 Å². The molecular formula is C15H19ClN2O2. The molecule has 1 rings (SSSR count). The first-order chi connectivity index (χ1) is 9.47. The van der Waals surface area contributed by atoms with Crippen LogP contribution in [0.2, 0.25) is 5.02 Å². The molecule has 0 aromatic heterocycles. The molecule has 0 aliphatic carbocycles. The molecule has 0 atom stereocenters. The second-order valence-electron chi connectivity index (χ2n) is 4.72. The number of nitriles is 1. The fourth-order valence-electron chi connectivity index (χ4n) is 1.76. The number of esters is 1. The molecule has 4 nitrogen and oxygen atoms in total. The lowest BCUT2D eigenvalue weighted by atomic mass is 10.1. The van der Waals surface area contributed by atoms with Crippen molar-refractivity contribution in [2.45, 2.75) is 33.4 Å². The van der Waals surface area contributed by atoms with Crippen molar-refractivity contribution in [3.05, 3.63) is 34.3 Å². The summed E-state index contributed by atoms with van der Waals surface area (Å²) < 4.78 is 4.97. The topological polar surface area (TPSA) is 53.3 Å². The molecule has 0 aliphatic heterocycles. The van der Waals surface area contributed by atoms with E-state index in [1.807, 2.05) is 30.9 Å². The predicted octanol–water partition coefficient (Wildman–Crippen LogP) is 2.99. The van der Waals surface area contributed by atoms with Crippen LogP contribution in [0.4, 0.5) is 0 Å². The van der Waals surface area contributed by atoms with Gasteiger partial charge in [-0.25, -0.2) is 0 Å². The van der Waals surface area contributed by atoms with Crippen molar-refractivity contribution in [1.82, 2.24) is 4.90 Å². The van der Waals surface area contributed by atoms with Gasteiger partial charge in [0.1, 0.15) is 0 Å². The Labute approximate surface area is 124 Å². The van der Waals surface area contributed by atoms with Crippen molar-refractivity contribution in [3.63, 3.8) is 0 Å². The van der Waals surface area contributed by atoms with E-state index in [0.717, 1.165) is 5.56 Å². The van der Waals surface area contributed by atoms with Crippen LogP contribution in [0.5, 0.6) is 0 Å². The molecule has 0 fully saturated rings. The van der Waals surface area contributed by atoms with Crippen molar-refractivity contribution >= 4 is 17.6 Å². The van der Waals surface area contributed by atoms with E-state index in [1.54, 1.807) is 19.1 Å². The number of ether oxygens (including phenoxy) is 1. The van der Waals surface area contributed by atoms with E-state index in [9.17, 15) is 4.79 Å². The maximum Gasteiger partial charge on any atom is 0.320 e.